The fraction of sp³-hybridized carbons (Fsp3) is 0.636. The molecular formula is C11H15N5O2. The molecular weight excluding hydrogens is 234 g/mol. The second kappa shape index (κ2) is 6.07. The van der Waals surface area contributed by atoms with E-state index in [0.717, 1.165) is 25.1 Å². The van der Waals surface area contributed by atoms with Crippen molar-refractivity contribution in [1.29, 1.82) is 0 Å². The lowest BCUT2D eigenvalue weighted by Crippen LogP contribution is -2.32. The van der Waals surface area contributed by atoms with E-state index in [1.807, 2.05) is 6.08 Å². The van der Waals surface area contributed by atoms with Crippen molar-refractivity contribution in [3.63, 3.8) is 0 Å². The number of amidine groups is 1. The fourth-order valence-corrected chi connectivity index (χ4v) is 2.01. The number of carbonyl (C=O) groups excluding carboxylic acids is 1. The molecule has 0 aromatic heterocycles. The second-order valence-electron chi connectivity index (χ2n) is 4.18. The van der Waals surface area contributed by atoms with E-state index in [4.69, 9.17) is 10.3 Å². The first-order valence-electron chi connectivity index (χ1n) is 6.02. The summed E-state index contributed by atoms with van der Waals surface area (Å²) in [5.74, 6) is 0.778. The molecule has 2 aliphatic rings. The molecule has 96 valence electrons. The molecule has 1 amide bonds. The fourth-order valence-electron chi connectivity index (χ4n) is 2.01. The molecule has 7 heteroatoms. The van der Waals surface area contributed by atoms with Crippen LogP contribution in [0.5, 0.6) is 0 Å². The highest BCUT2D eigenvalue weighted by Gasteiger charge is 2.33. The highest BCUT2D eigenvalue weighted by Crippen LogP contribution is 2.19. The van der Waals surface area contributed by atoms with E-state index < -0.39 is 0 Å². The maximum atomic E-state index is 11.7. The number of hydrogen-bond acceptors (Lipinski definition) is 4. The lowest BCUT2D eigenvalue weighted by Gasteiger charge is -2.16. The lowest BCUT2D eigenvalue weighted by atomic mass is 10.2. The molecule has 0 saturated carbocycles. The van der Waals surface area contributed by atoms with Crippen molar-refractivity contribution in [3.05, 3.63) is 22.7 Å². The van der Waals surface area contributed by atoms with Crippen molar-refractivity contribution < 1.29 is 9.53 Å². The quantitative estimate of drug-likeness (QED) is 0.331. The molecule has 7 nitrogen and oxygen atoms in total. The van der Waals surface area contributed by atoms with Crippen LogP contribution in [-0.2, 0) is 4.74 Å². The predicted molar refractivity (Wildman–Crippen MR) is 66.0 cm³/mol. The van der Waals surface area contributed by atoms with Crippen LogP contribution in [-0.4, -0.2) is 36.0 Å². The zero-order valence-electron chi connectivity index (χ0n) is 10.0. The van der Waals surface area contributed by atoms with Crippen LogP contribution in [0, 0.1) is 0 Å². The summed E-state index contributed by atoms with van der Waals surface area (Å²) in [6.07, 6.45) is 6.37. The zero-order valence-corrected chi connectivity index (χ0v) is 10.0. The Kier molecular flexibility index (Phi) is 4.20. The first kappa shape index (κ1) is 12.4. The van der Waals surface area contributed by atoms with Gasteiger partial charge >= 0.3 is 6.09 Å². The first-order valence-corrected chi connectivity index (χ1v) is 6.02. The summed E-state index contributed by atoms with van der Waals surface area (Å²) >= 11 is 0. The van der Waals surface area contributed by atoms with Crippen LogP contribution in [0.3, 0.4) is 0 Å². The summed E-state index contributed by atoms with van der Waals surface area (Å²) in [6.45, 7) is 0.982. The van der Waals surface area contributed by atoms with Gasteiger partial charge in [-0.25, -0.2) is 9.79 Å². The van der Waals surface area contributed by atoms with Crippen LogP contribution in [0.25, 0.3) is 10.4 Å². The maximum absolute atomic E-state index is 11.7. The smallest absolute Gasteiger partial charge is 0.415 e. The van der Waals surface area contributed by atoms with E-state index in [9.17, 15) is 4.79 Å². The van der Waals surface area contributed by atoms with Gasteiger partial charge in [0.15, 0.2) is 0 Å². The van der Waals surface area contributed by atoms with Crippen LogP contribution in [0.4, 0.5) is 4.79 Å². The highest BCUT2D eigenvalue weighted by molar-refractivity contribution is 5.97. The van der Waals surface area contributed by atoms with Gasteiger partial charge in [0.1, 0.15) is 11.9 Å². The number of allylic oxidation sites excluding steroid dienone is 1. The van der Waals surface area contributed by atoms with Gasteiger partial charge in [0, 0.05) is 24.1 Å². The van der Waals surface area contributed by atoms with Crippen LogP contribution < -0.4 is 0 Å². The number of ether oxygens (including phenoxy) is 1. The van der Waals surface area contributed by atoms with Gasteiger partial charge in [0.25, 0.3) is 0 Å². The van der Waals surface area contributed by atoms with Crippen molar-refractivity contribution in [2.24, 2.45) is 10.1 Å². The van der Waals surface area contributed by atoms with Gasteiger partial charge in [-0.15, -0.1) is 0 Å². The van der Waals surface area contributed by atoms with Gasteiger partial charge in [0.05, 0.1) is 6.54 Å². The van der Waals surface area contributed by atoms with E-state index in [1.54, 1.807) is 11.1 Å². The molecule has 2 rings (SSSR count). The van der Waals surface area contributed by atoms with Crippen LogP contribution in [0.15, 0.2) is 22.4 Å². The number of nitrogens with zero attached hydrogens (tertiary/aromatic N) is 5. The van der Waals surface area contributed by atoms with Crippen molar-refractivity contribution in [3.8, 4) is 0 Å². The van der Waals surface area contributed by atoms with Gasteiger partial charge in [-0.3, -0.25) is 4.90 Å². The van der Waals surface area contributed by atoms with E-state index in [-0.39, 0.29) is 12.2 Å². The van der Waals surface area contributed by atoms with Gasteiger partial charge in [-0.05, 0) is 24.8 Å². The Morgan fingerprint density at radius 3 is 3.28 bits per heavy atom. The Morgan fingerprint density at radius 1 is 1.67 bits per heavy atom. The monoisotopic (exact) mass is 249 g/mol. The normalized spacial score (nSPS) is 22.4. The molecule has 0 spiro atoms. The third-order valence-corrected chi connectivity index (χ3v) is 2.90. The summed E-state index contributed by atoms with van der Waals surface area (Å²) in [4.78, 5) is 20.2. The average Bonchev–Trinajstić information content (AvgIpc) is 2.77. The number of aliphatic imine (C=N–C) groups is 1. The predicted octanol–water partition coefficient (Wildman–Crippen LogP) is 2.60. The van der Waals surface area contributed by atoms with Gasteiger partial charge in [-0.2, -0.15) is 0 Å². The van der Waals surface area contributed by atoms with E-state index in [0.29, 0.717) is 19.5 Å². The molecule has 0 aromatic carbocycles. The SMILES string of the molecule is [N-]=[N+]=NCCC[C@H]1CN(C2=NC=CCC2)C(=O)O1. The molecule has 0 bridgehead atoms. The molecule has 0 unspecified atom stereocenters. The zero-order chi connectivity index (χ0) is 12.8. The molecule has 1 atom stereocenters. The summed E-state index contributed by atoms with van der Waals surface area (Å²) in [7, 11) is 0. The van der Waals surface area contributed by atoms with Crippen LogP contribution in [0.2, 0.25) is 0 Å². The number of carbonyl (C=O) groups is 1. The molecule has 18 heavy (non-hydrogen) atoms. The molecule has 0 N–H and O–H groups in total. The Morgan fingerprint density at radius 2 is 2.56 bits per heavy atom. The molecule has 2 heterocycles. The summed E-state index contributed by atoms with van der Waals surface area (Å²) in [5.41, 5.74) is 8.16. The minimum atomic E-state index is -0.321. The second-order valence-corrected chi connectivity index (χ2v) is 4.18. The Hall–Kier alpha value is -2.01. The number of amides is 1. The summed E-state index contributed by atoms with van der Waals surface area (Å²) in [6, 6.07) is 0. The number of azide groups is 1. The average molecular weight is 249 g/mol. The van der Waals surface area contributed by atoms with Gasteiger partial charge in [0.2, 0.25) is 0 Å². The Bertz CT molecular complexity index is 425. The first-order chi connectivity index (χ1) is 8.81. The summed E-state index contributed by atoms with van der Waals surface area (Å²) in [5, 5.41) is 3.45. The Labute approximate surface area is 105 Å². The van der Waals surface area contributed by atoms with Crippen molar-refractivity contribution in [1.82, 2.24) is 4.90 Å². The standard InChI is InChI=1S/C11H15N5O2/c12-15-14-7-3-4-9-8-16(11(17)18-9)10-5-1-2-6-13-10/h2,6,9H,1,3-5,7-8H2/t9-/m0/s1. The van der Waals surface area contributed by atoms with Crippen LogP contribution in [0.1, 0.15) is 25.7 Å². The molecule has 2 aliphatic heterocycles. The largest absolute Gasteiger partial charge is 0.444 e. The molecule has 1 fully saturated rings. The molecule has 0 radical (unpaired) electrons. The van der Waals surface area contributed by atoms with E-state index >= 15 is 0 Å². The molecule has 0 aromatic rings. The maximum Gasteiger partial charge on any atom is 0.415 e. The minimum absolute atomic E-state index is 0.125. The van der Waals surface area contributed by atoms with Crippen LogP contribution >= 0.6 is 0 Å². The highest BCUT2D eigenvalue weighted by atomic mass is 16.6. The Balaban J connectivity index is 1.84. The number of cyclic esters (lactones) is 1. The third-order valence-electron chi connectivity index (χ3n) is 2.90. The number of rotatable bonds is 4. The van der Waals surface area contributed by atoms with E-state index in [2.05, 4.69) is 15.0 Å². The minimum Gasteiger partial charge on any atom is -0.444 e. The number of hydrogen-bond donors (Lipinski definition) is 0. The van der Waals surface area contributed by atoms with Gasteiger partial charge in [-0.1, -0.05) is 11.2 Å². The van der Waals surface area contributed by atoms with Gasteiger partial charge < -0.3 is 4.74 Å². The molecule has 0 aliphatic carbocycles. The van der Waals surface area contributed by atoms with Crippen molar-refractivity contribution in [2.75, 3.05) is 13.1 Å². The lowest BCUT2D eigenvalue weighted by molar-refractivity contribution is 0.131. The topological polar surface area (TPSA) is 90.7 Å². The van der Waals surface area contributed by atoms with Crippen molar-refractivity contribution in [2.45, 2.75) is 31.8 Å². The third kappa shape index (κ3) is 3.01. The summed E-state index contributed by atoms with van der Waals surface area (Å²) < 4.78 is 5.25. The van der Waals surface area contributed by atoms with E-state index in [1.165, 1.54) is 0 Å². The molecule has 1 saturated heterocycles. The van der Waals surface area contributed by atoms with Crippen molar-refractivity contribution >= 4 is 11.9 Å².